The first-order valence-electron chi connectivity index (χ1n) is 5.96. The van der Waals surface area contributed by atoms with E-state index in [4.69, 9.17) is 0 Å². The van der Waals surface area contributed by atoms with Crippen LogP contribution in [0.15, 0.2) is 46.9 Å². The summed E-state index contributed by atoms with van der Waals surface area (Å²) in [4.78, 5) is 12.6. The van der Waals surface area contributed by atoms with Gasteiger partial charge in [0.15, 0.2) is 0 Å². The summed E-state index contributed by atoms with van der Waals surface area (Å²) in [5, 5.41) is 14.1. The Morgan fingerprint density at radius 1 is 1.15 bits per heavy atom. The van der Waals surface area contributed by atoms with Gasteiger partial charge in [-0.05, 0) is 36.4 Å². The maximum Gasteiger partial charge on any atom is 0.293 e. The molecule has 1 N–H and O–H groups in total. The monoisotopic (exact) mass is 335 g/mol. The smallest absolute Gasteiger partial charge is 0.293 e. The molecule has 5 nitrogen and oxygen atoms in total. The SMILES string of the molecule is CN(C)c1ccc(Nc2ccc(Br)cc2[N+](=O)[O-])cc1. The minimum atomic E-state index is -0.402. The summed E-state index contributed by atoms with van der Waals surface area (Å²) in [6.45, 7) is 0. The summed E-state index contributed by atoms with van der Waals surface area (Å²) in [7, 11) is 3.92. The molecule has 2 aromatic rings. The molecule has 0 aliphatic carbocycles. The zero-order chi connectivity index (χ0) is 14.7. The first-order chi connectivity index (χ1) is 9.47. The topological polar surface area (TPSA) is 58.4 Å². The summed E-state index contributed by atoms with van der Waals surface area (Å²) in [6.07, 6.45) is 0. The highest BCUT2D eigenvalue weighted by atomic mass is 79.9. The Labute approximate surface area is 125 Å². The normalized spacial score (nSPS) is 10.2. The maximum atomic E-state index is 11.0. The molecule has 2 rings (SSSR count). The summed E-state index contributed by atoms with van der Waals surface area (Å²) in [5.41, 5.74) is 2.38. The van der Waals surface area contributed by atoms with E-state index in [1.165, 1.54) is 6.07 Å². The lowest BCUT2D eigenvalue weighted by Gasteiger charge is -2.13. The molecule has 0 saturated heterocycles. The van der Waals surface area contributed by atoms with E-state index < -0.39 is 4.92 Å². The van der Waals surface area contributed by atoms with E-state index in [2.05, 4.69) is 21.2 Å². The number of nitrogens with one attached hydrogen (secondary N) is 1. The summed E-state index contributed by atoms with van der Waals surface area (Å²) in [5.74, 6) is 0. The number of halogens is 1. The summed E-state index contributed by atoms with van der Waals surface area (Å²) < 4.78 is 0.678. The molecule has 0 aromatic heterocycles. The second-order valence-corrected chi connectivity index (χ2v) is 5.40. The van der Waals surface area contributed by atoms with Gasteiger partial charge < -0.3 is 10.2 Å². The van der Waals surface area contributed by atoms with Gasteiger partial charge in [-0.3, -0.25) is 10.1 Å². The Morgan fingerprint density at radius 2 is 1.80 bits per heavy atom. The van der Waals surface area contributed by atoms with Crippen LogP contribution in [0, 0.1) is 10.1 Å². The van der Waals surface area contributed by atoms with Crippen molar-refractivity contribution in [3.8, 4) is 0 Å². The van der Waals surface area contributed by atoms with Gasteiger partial charge in [0.2, 0.25) is 0 Å². The van der Waals surface area contributed by atoms with Crippen molar-refractivity contribution in [1.29, 1.82) is 0 Å². The molecule has 0 spiro atoms. The van der Waals surface area contributed by atoms with Gasteiger partial charge >= 0.3 is 0 Å². The van der Waals surface area contributed by atoms with Crippen molar-refractivity contribution in [2.24, 2.45) is 0 Å². The Balaban J connectivity index is 2.28. The highest BCUT2D eigenvalue weighted by Crippen LogP contribution is 2.30. The minimum Gasteiger partial charge on any atom is -0.378 e. The van der Waals surface area contributed by atoms with Crippen LogP contribution in [0.5, 0.6) is 0 Å². The zero-order valence-electron chi connectivity index (χ0n) is 11.1. The third-order valence-electron chi connectivity index (χ3n) is 2.82. The first-order valence-corrected chi connectivity index (χ1v) is 6.75. The molecule has 0 heterocycles. The van der Waals surface area contributed by atoms with E-state index in [0.29, 0.717) is 10.2 Å². The van der Waals surface area contributed by atoms with Crippen LogP contribution in [0.25, 0.3) is 0 Å². The molecule has 0 aliphatic rings. The molecular formula is C14H14BrN3O2. The molecule has 0 aliphatic heterocycles. The standard InChI is InChI=1S/C14H14BrN3O2/c1-17(2)12-6-4-11(5-7-12)16-13-8-3-10(15)9-14(13)18(19)20/h3-9,16H,1-2H3. The number of hydrogen-bond donors (Lipinski definition) is 1. The van der Waals surface area contributed by atoms with Gasteiger partial charge in [-0.2, -0.15) is 0 Å². The third kappa shape index (κ3) is 3.27. The number of anilines is 3. The third-order valence-corrected chi connectivity index (χ3v) is 3.31. The van der Waals surface area contributed by atoms with Crippen LogP contribution >= 0.6 is 15.9 Å². The van der Waals surface area contributed by atoms with E-state index in [-0.39, 0.29) is 5.69 Å². The molecule has 104 valence electrons. The largest absolute Gasteiger partial charge is 0.378 e. The van der Waals surface area contributed by atoms with Crippen molar-refractivity contribution < 1.29 is 4.92 Å². The molecule has 6 heteroatoms. The number of hydrogen-bond acceptors (Lipinski definition) is 4. The number of nitrogens with zero attached hydrogens (tertiary/aromatic N) is 2. The molecule has 0 saturated carbocycles. The predicted molar refractivity (Wildman–Crippen MR) is 84.8 cm³/mol. The van der Waals surface area contributed by atoms with Gasteiger partial charge in [0.05, 0.1) is 4.92 Å². The van der Waals surface area contributed by atoms with Crippen LogP contribution in [0.2, 0.25) is 0 Å². The second-order valence-electron chi connectivity index (χ2n) is 4.48. The van der Waals surface area contributed by atoms with Crippen LogP contribution in [0.4, 0.5) is 22.7 Å². The molecule has 0 radical (unpaired) electrons. The van der Waals surface area contributed by atoms with Gasteiger partial charge in [0, 0.05) is 36.0 Å². The lowest BCUT2D eigenvalue weighted by molar-refractivity contribution is -0.384. The number of nitro groups is 1. The molecule has 20 heavy (non-hydrogen) atoms. The minimum absolute atomic E-state index is 0.0380. The fraction of sp³-hybridized carbons (Fsp3) is 0.143. The van der Waals surface area contributed by atoms with Crippen LogP contribution in [-0.4, -0.2) is 19.0 Å². The maximum absolute atomic E-state index is 11.0. The van der Waals surface area contributed by atoms with Crippen molar-refractivity contribution in [2.75, 3.05) is 24.3 Å². The average molecular weight is 336 g/mol. The van der Waals surface area contributed by atoms with E-state index in [0.717, 1.165) is 11.4 Å². The Hall–Kier alpha value is -2.08. The Morgan fingerprint density at radius 3 is 2.35 bits per heavy atom. The highest BCUT2D eigenvalue weighted by Gasteiger charge is 2.14. The first kappa shape index (κ1) is 14.3. The quantitative estimate of drug-likeness (QED) is 0.673. The lowest BCUT2D eigenvalue weighted by atomic mass is 10.2. The second kappa shape index (κ2) is 5.92. The van der Waals surface area contributed by atoms with Crippen molar-refractivity contribution in [3.05, 3.63) is 57.1 Å². The van der Waals surface area contributed by atoms with E-state index in [1.807, 2.05) is 43.3 Å². The van der Waals surface area contributed by atoms with Gasteiger partial charge in [-0.15, -0.1) is 0 Å². The molecule has 2 aromatic carbocycles. The van der Waals surface area contributed by atoms with Crippen LogP contribution in [-0.2, 0) is 0 Å². The van der Waals surface area contributed by atoms with Crippen molar-refractivity contribution in [3.63, 3.8) is 0 Å². The fourth-order valence-electron chi connectivity index (χ4n) is 1.76. The highest BCUT2D eigenvalue weighted by molar-refractivity contribution is 9.10. The van der Waals surface area contributed by atoms with Crippen LogP contribution < -0.4 is 10.2 Å². The van der Waals surface area contributed by atoms with Gasteiger partial charge in [-0.25, -0.2) is 0 Å². The predicted octanol–water partition coefficient (Wildman–Crippen LogP) is 4.17. The fourth-order valence-corrected chi connectivity index (χ4v) is 2.11. The van der Waals surface area contributed by atoms with Gasteiger partial charge in [0.25, 0.3) is 5.69 Å². The van der Waals surface area contributed by atoms with Crippen LogP contribution in [0.1, 0.15) is 0 Å². The van der Waals surface area contributed by atoms with Gasteiger partial charge in [-0.1, -0.05) is 15.9 Å². The summed E-state index contributed by atoms with van der Waals surface area (Å²) in [6, 6.07) is 12.6. The van der Waals surface area contributed by atoms with Crippen LogP contribution in [0.3, 0.4) is 0 Å². The molecule has 0 fully saturated rings. The van der Waals surface area contributed by atoms with Crippen molar-refractivity contribution in [1.82, 2.24) is 0 Å². The number of benzene rings is 2. The van der Waals surface area contributed by atoms with Gasteiger partial charge in [0.1, 0.15) is 5.69 Å². The molecule has 0 atom stereocenters. The zero-order valence-corrected chi connectivity index (χ0v) is 12.7. The van der Waals surface area contributed by atoms with E-state index >= 15 is 0 Å². The molecule has 0 unspecified atom stereocenters. The van der Waals surface area contributed by atoms with E-state index in [1.54, 1.807) is 12.1 Å². The van der Waals surface area contributed by atoms with Crippen molar-refractivity contribution >= 4 is 38.7 Å². The van der Waals surface area contributed by atoms with E-state index in [9.17, 15) is 10.1 Å². The van der Waals surface area contributed by atoms with Crippen molar-refractivity contribution in [2.45, 2.75) is 0 Å². The number of nitro benzene ring substituents is 1. The average Bonchev–Trinajstić information content (AvgIpc) is 2.41. The molecule has 0 amide bonds. The Bertz CT molecular complexity index is 627. The molecule has 0 bridgehead atoms. The number of rotatable bonds is 4. The lowest BCUT2D eigenvalue weighted by Crippen LogP contribution is -2.08. The Kier molecular flexibility index (Phi) is 4.24. The molecular weight excluding hydrogens is 322 g/mol. The summed E-state index contributed by atoms with van der Waals surface area (Å²) >= 11 is 3.24.